The van der Waals surface area contributed by atoms with Crippen molar-refractivity contribution < 1.29 is 5.11 Å². The van der Waals surface area contributed by atoms with Crippen LogP contribution in [0.15, 0.2) is 36.7 Å². The van der Waals surface area contributed by atoms with Gasteiger partial charge in [0.15, 0.2) is 0 Å². The summed E-state index contributed by atoms with van der Waals surface area (Å²) in [6.07, 6.45) is 4.57. The summed E-state index contributed by atoms with van der Waals surface area (Å²) in [5.74, 6) is 0. The smallest absolute Gasteiger partial charge is 0.0621 e. The number of hydrogen-bond donors (Lipinski definition) is 1. The largest absolute Gasteiger partial charge is 0.392 e. The second-order valence-electron chi connectivity index (χ2n) is 5.30. The summed E-state index contributed by atoms with van der Waals surface area (Å²) in [6, 6.07) is 8.27. The fourth-order valence-corrected chi connectivity index (χ4v) is 2.63. The lowest BCUT2D eigenvalue weighted by molar-refractivity contribution is 0.175. The number of aliphatic hydroxyl groups is 1. The minimum absolute atomic E-state index is 0.357. The number of pyridine rings is 1. The number of hydrogen-bond acceptors (Lipinski definition) is 2. The van der Waals surface area contributed by atoms with Crippen molar-refractivity contribution in [3.05, 3.63) is 64.5 Å². The molecule has 1 atom stereocenters. The number of aryl methyl sites for hydroxylation is 3. The van der Waals surface area contributed by atoms with Crippen molar-refractivity contribution in [1.82, 2.24) is 4.98 Å². The molecule has 0 radical (unpaired) electrons. The van der Waals surface area contributed by atoms with Gasteiger partial charge in [0.1, 0.15) is 0 Å². The first-order valence-electron chi connectivity index (χ1n) is 6.70. The zero-order valence-electron chi connectivity index (χ0n) is 11.9. The molecule has 0 bridgehead atoms. The molecule has 0 saturated carbocycles. The number of nitrogens with zero attached hydrogens (tertiary/aromatic N) is 1. The van der Waals surface area contributed by atoms with Crippen molar-refractivity contribution >= 4 is 0 Å². The first-order chi connectivity index (χ1) is 9.06. The van der Waals surface area contributed by atoms with Gasteiger partial charge in [0.2, 0.25) is 0 Å². The molecule has 0 amide bonds. The summed E-state index contributed by atoms with van der Waals surface area (Å²) in [6.45, 7) is 6.34. The monoisotopic (exact) mass is 255 g/mol. The van der Waals surface area contributed by atoms with Crippen molar-refractivity contribution in [2.24, 2.45) is 0 Å². The van der Waals surface area contributed by atoms with E-state index >= 15 is 0 Å². The molecule has 19 heavy (non-hydrogen) atoms. The van der Waals surface area contributed by atoms with Gasteiger partial charge in [-0.3, -0.25) is 4.98 Å². The van der Waals surface area contributed by atoms with E-state index in [0.29, 0.717) is 12.8 Å². The average Bonchev–Trinajstić information content (AvgIpc) is 2.35. The fraction of sp³-hybridized carbons (Fsp3) is 0.353. The van der Waals surface area contributed by atoms with Crippen molar-refractivity contribution in [2.75, 3.05) is 0 Å². The number of rotatable bonds is 4. The lowest BCUT2D eigenvalue weighted by Crippen LogP contribution is -2.15. The van der Waals surface area contributed by atoms with E-state index in [9.17, 15) is 5.11 Å². The van der Waals surface area contributed by atoms with Gasteiger partial charge in [0.05, 0.1) is 6.10 Å². The van der Waals surface area contributed by atoms with Gasteiger partial charge in [0.25, 0.3) is 0 Å². The molecule has 2 heteroatoms. The molecule has 1 N–H and O–H groups in total. The van der Waals surface area contributed by atoms with Crippen LogP contribution in [-0.2, 0) is 12.8 Å². The van der Waals surface area contributed by atoms with E-state index in [4.69, 9.17) is 0 Å². The second-order valence-corrected chi connectivity index (χ2v) is 5.30. The molecule has 0 aliphatic rings. The van der Waals surface area contributed by atoms with Crippen LogP contribution in [0.5, 0.6) is 0 Å². The zero-order chi connectivity index (χ0) is 13.8. The SMILES string of the molecule is Cc1cc(C)c(CC(O)Cc2cccnc2)c(C)c1. The first-order valence-corrected chi connectivity index (χ1v) is 6.70. The number of aliphatic hydroxyl groups excluding tert-OH is 1. The van der Waals surface area contributed by atoms with Crippen LogP contribution in [0.3, 0.4) is 0 Å². The van der Waals surface area contributed by atoms with Crippen molar-refractivity contribution in [3.8, 4) is 0 Å². The van der Waals surface area contributed by atoms with Crippen LogP contribution >= 0.6 is 0 Å². The van der Waals surface area contributed by atoms with Crippen LogP contribution in [0.25, 0.3) is 0 Å². The predicted octanol–water partition coefficient (Wildman–Crippen LogP) is 3.15. The standard InChI is InChI=1S/C17H21NO/c1-12-7-13(2)17(14(3)8-12)10-16(19)9-15-5-4-6-18-11-15/h4-8,11,16,19H,9-10H2,1-3H3. The highest BCUT2D eigenvalue weighted by molar-refractivity contribution is 5.38. The third kappa shape index (κ3) is 3.65. The van der Waals surface area contributed by atoms with E-state index in [2.05, 4.69) is 37.9 Å². The molecule has 100 valence electrons. The van der Waals surface area contributed by atoms with Crippen molar-refractivity contribution in [1.29, 1.82) is 0 Å². The maximum Gasteiger partial charge on any atom is 0.0621 e. The summed E-state index contributed by atoms with van der Waals surface area (Å²) in [5.41, 5.74) is 6.16. The lowest BCUT2D eigenvalue weighted by atomic mass is 9.93. The first kappa shape index (κ1) is 13.8. The molecule has 1 unspecified atom stereocenters. The average molecular weight is 255 g/mol. The lowest BCUT2D eigenvalue weighted by Gasteiger charge is -2.15. The minimum Gasteiger partial charge on any atom is -0.392 e. The Balaban J connectivity index is 2.09. The van der Waals surface area contributed by atoms with E-state index in [0.717, 1.165) is 5.56 Å². The summed E-state index contributed by atoms with van der Waals surface area (Å²) in [4.78, 5) is 4.08. The van der Waals surface area contributed by atoms with Gasteiger partial charge in [-0.2, -0.15) is 0 Å². The Morgan fingerprint density at radius 3 is 2.37 bits per heavy atom. The molecular weight excluding hydrogens is 234 g/mol. The number of benzene rings is 1. The van der Waals surface area contributed by atoms with Crippen LogP contribution in [0, 0.1) is 20.8 Å². The summed E-state index contributed by atoms with van der Waals surface area (Å²) in [7, 11) is 0. The maximum atomic E-state index is 10.2. The minimum atomic E-state index is -0.357. The Hall–Kier alpha value is -1.67. The number of aromatic nitrogens is 1. The molecule has 2 nitrogen and oxygen atoms in total. The molecule has 0 aliphatic carbocycles. The van der Waals surface area contributed by atoms with Crippen LogP contribution in [-0.4, -0.2) is 16.2 Å². The fourth-order valence-electron chi connectivity index (χ4n) is 2.63. The Bertz CT molecular complexity index is 525. The highest BCUT2D eigenvalue weighted by atomic mass is 16.3. The van der Waals surface area contributed by atoms with Crippen LogP contribution in [0.2, 0.25) is 0 Å². The molecule has 0 spiro atoms. The predicted molar refractivity (Wildman–Crippen MR) is 78.3 cm³/mol. The van der Waals surface area contributed by atoms with Crippen LogP contribution in [0.4, 0.5) is 0 Å². The van der Waals surface area contributed by atoms with Gasteiger partial charge in [-0.25, -0.2) is 0 Å². The molecule has 0 saturated heterocycles. The van der Waals surface area contributed by atoms with E-state index in [1.807, 2.05) is 18.3 Å². The van der Waals surface area contributed by atoms with Crippen LogP contribution in [0.1, 0.15) is 27.8 Å². The Morgan fingerprint density at radius 2 is 1.79 bits per heavy atom. The Labute approximate surface area is 115 Å². The highest BCUT2D eigenvalue weighted by Gasteiger charge is 2.11. The van der Waals surface area contributed by atoms with Gasteiger partial charge in [-0.1, -0.05) is 23.8 Å². The van der Waals surface area contributed by atoms with E-state index < -0.39 is 0 Å². The quantitative estimate of drug-likeness (QED) is 0.910. The highest BCUT2D eigenvalue weighted by Crippen LogP contribution is 2.19. The summed E-state index contributed by atoms with van der Waals surface area (Å²) in [5, 5.41) is 10.2. The van der Waals surface area contributed by atoms with Gasteiger partial charge in [-0.05, 0) is 55.5 Å². The van der Waals surface area contributed by atoms with Crippen molar-refractivity contribution in [2.45, 2.75) is 39.7 Å². The molecule has 1 heterocycles. The topological polar surface area (TPSA) is 33.1 Å². The summed E-state index contributed by atoms with van der Waals surface area (Å²) >= 11 is 0. The van der Waals surface area contributed by atoms with Gasteiger partial charge in [0, 0.05) is 18.8 Å². The third-order valence-corrected chi connectivity index (χ3v) is 3.47. The molecule has 2 aromatic rings. The Kier molecular flexibility index (Phi) is 4.33. The molecule has 0 aliphatic heterocycles. The Morgan fingerprint density at radius 1 is 1.11 bits per heavy atom. The van der Waals surface area contributed by atoms with Crippen LogP contribution < -0.4 is 0 Å². The summed E-state index contributed by atoms with van der Waals surface area (Å²) < 4.78 is 0. The third-order valence-electron chi connectivity index (χ3n) is 3.47. The molecule has 0 fully saturated rings. The van der Waals surface area contributed by atoms with E-state index in [1.165, 1.54) is 22.3 Å². The van der Waals surface area contributed by atoms with E-state index in [-0.39, 0.29) is 6.10 Å². The molecular formula is C17H21NO. The second kappa shape index (κ2) is 5.98. The molecule has 1 aromatic carbocycles. The maximum absolute atomic E-state index is 10.2. The van der Waals surface area contributed by atoms with Gasteiger partial charge < -0.3 is 5.11 Å². The van der Waals surface area contributed by atoms with Crippen molar-refractivity contribution in [3.63, 3.8) is 0 Å². The zero-order valence-corrected chi connectivity index (χ0v) is 11.9. The van der Waals surface area contributed by atoms with E-state index in [1.54, 1.807) is 6.20 Å². The van der Waals surface area contributed by atoms with Gasteiger partial charge in [-0.15, -0.1) is 0 Å². The normalized spacial score (nSPS) is 12.4. The molecule has 2 rings (SSSR count). The van der Waals surface area contributed by atoms with Gasteiger partial charge >= 0.3 is 0 Å². The molecule has 1 aromatic heterocycles.